The summed E-state index contributed by atoms with van der Waals surface area (Å²) in [5.74, 6) is 0. The molecule has 2 N–H and O–H groups in total. The predicted octanol–water partition coefficient (Wildman–Crippen LogP) is 1.48. The van der Waals surface area contributed by atoms with Crippen molar-refractivity contribution in [3.05, 3.63) is 0 Å². The van der Waals surface area contributed by atoms with Crippen molar-refractivity contribution < 1.29 is 9.53 Å². The van der Waals surface area contributed by atoms with Crippen LogP contribution in [0.2, 0.25) is 0 Å². The highest BCUT2D eigenvalue weighted by Crippen LogP contribution is 2.43. The highest BCUT2D eigenvalue weighted by atomic mass is 16.6. The van der Waals surface area contributed by atoms with Crippen LogP contribution in [0.1, 0.15) is 46.5 Å². The maximum atomic E-state index is 11.8. The van der Waals surface area contributed by atoms with E-state index in [9.17, 15) is 4.79 Å². The second kappa shape index (κ2) is 4.88. The van der Waals surface area contributed by atoms with E-state index in [0.717, 1.165) is 19.4 Å². The lowest BCUT2D eigenvalue weighted by molar-refractivity contribution is 0.000115. The van der Waals surface area contributed by atoms with E-state index in [-0.39, 0.29) is 17.7 Å². The quantitative estimate of drug-likeness (QED) is 0.764. The van der Waals surface area contributed by atoms with Gasteiger partial charge in [0.1, 0.15) is 5.60 Å². The molecular weight excluding hydrogens is 254 g/mol. The van der Waals surface area contributed by atoms with Crippen LogP contribution in [-0.4, -0.2) is 53.9 Å². The molecule has 0 aromatic heterocycles. The average Bonchev–Trinajstić information content (AvgIpc) is 2.73. The zero-order chi connectivity index (χ0) is 14.4. The van der Waals surface area contributed by atoms with Crippen molar-refractivity contribution in [2.45, 2.75) is 69.7 Å². The summed E-state index contributed by atoms with van der Waals surface area (Å²) in [4.78, 5) is 14.4. The molecule has 0 aromatic rings. The monoisotopic (exact) mass is 281 g/mol. The van der Waals surface area contributed by atoms with Gasteiger partial charge in [-0.3, -0.25) is 4.90 Å². The number of fused-ring (bicyclic) bond motifs is 2. The van der Waals surface area contributed by atoms with E-state index < -0.39 is 5.60 Å². The minimum absolute atomic E-state index is 0.244. The Bertz CT molecular complexity index is 385. The molecule has 1 amide bonds. The Kier molecular flexibility index (Phi) is 3.45. The van der Waals surface area contributed by atoms with Crippen LogP contribution in [0.5, 0.6) is 0 Å². The topological polar surface area (TPSA) is 53.6 Å². The standard InChI is InChI=1S/C15H27N3O2/c1-14(2,3)20-13(19)17-11-9-15(10-11)12-5-4-7-18(12)8-6-16-15/h11-12,16H,4-10H2,1-3H3,(H,17,19). The molecule has 1 spiro atoms. The Hall–Kier alpha value is -0.810. The highest BCUT2D eigenvalue weighted by Gasteiger charge is 2.54. The zero-order valence-corrected chi connectivity index (χ0v) is 12.9. The van der Waals surface area contributed by atoms with Gasteiger partial charge in [-0.25, -0.2) is 4.79 Å². The molecule has 3 rings (SSSR count). The molecule has 20 heavy (non-hydrogen) atoms. The van der Waals surface area contributed by atoms with Crippen LogP contribution in [0, 0.1) is 0 Å². The van der Waals surface area contributed by atoms with Gasteiger partial charge in [-0.2, -0.15) is 0 Å². The Morgan fingerprint density at radius 3 is 2.80 bits per heavy atom. The van der Waals surface area contributed by atoms with E-state index in [1.54, 1.807) is 0 Å². The summed E-state index contributed by atoms with van der Waals surface area (Å²) in [6.45, 7) is 9.19. The first-order chi connectivity index (χ1) is 9.38. The zero-order valence-electron chi connectivity index (χ0n) is 12.9. The fourth-order valence-electron chi connectivity index (χ4n) is 4.10. The van der Waals surface area contributed by atoms with Crippen LogP contribution in [0.4, 0.5) is 4.79 Å². The largest absolute Gasteiger partial charge is 0.444 e. The lowest BCUT2D eigenvalue weighted by Gasteiger charge is -2.57. The molecule has 1 saturated carbocycles. The van der Waals surface area contributed by atoms with Crippen LogP contribution < -0.4 is 10.6 Å². The van der Waals surface area contributed by atoms with E-state index >= 15 is 0 Å². The Balaban J connectivity index is 1.52. The van der Waals surface area contributed by atoms with E-state index in [4.69, 9.17) is 4.74 Å². The second-order valence-corrected chi connectivity index (χ2v) is 7.53. The van der Waals surface area contributed by atoms with Crippen LogP contribution in [0.3, 0.4) is 0 Å². The van der Waals surface area contributed by atoms with E-state index in [2.05, 4.69) is 15.5 Å². The number of alkyl carbamates (subject to hydrolysis) is 1. The summed E-state index contributed by atoms with van der Waals surface area (Å²) < 4.78 is 5.33. The van der Waals surface area contributed by atoms with Gasteiger partial charge in [0.2, 0.25) is 0 Å². The summed E-state index contributed by atoms with van der Waals surface area (Å²) in [6, 6.07) is 0.936. The average molecular weight is 281 g/mol. The fraction of sp³-hybridized carbons (Fsp3) is 0.933. The minimum atomic E-state index is -0.420. The normalized spacial score (nSPS) is 37.4. The number of hydrogen-bond acceptors (Lipinski definition) is 4. The van der Waals surface area contributed by atoms with Gasteiger partial charge in [0, 0.05) is 30.7 Å². The molecule has 1 atom stereocenters. The number of ether oxygens (including phenoxy) is 1. The summed E-state index contributed by atoms with van der Waals surface area (Å²) in [6.07, 6.45) is 4.40. The predicted molar refractivity (Wildman–Crippen MR) is 77.7 cm³/mol. The van der Waals surface area contributed by atoms with Gasteiger partial charge in [0.25, 0.3) is 0 Å². The lowest BCUT2D eigenvalue weighted by Crippen LogP contribution is -2.73. The number of hydrogen-bond donors (Lipinski definition) is 2. The molecule has 3 fully saturated rings. The molecule has 3 aliphatic rings. The Labute approximate surface area is 121 Å². The van der Waals surface area contributed by atoms with Crippen LogP contribution in [-0.2, 0) is 4.74 Å². The van der Waals surface area contributed by atoms with Gasteiger partial charge in [-0.05, 0) is 53.0 Å². The van der Waals surface area contributed by atoms with Gasteiger partial charge in [0.05, 0.1) is 0 Å². The summed E-state index contributed by atoms with van der Waals surface area (Å²) in [5.41, 5.74) is -0.175. The molecule has 0 bridgehead atoms. The summed E-state index contributed by atoms with van der Waals surface area (Å²) >= 11 is 0. The number of carbonyl (C=O) groups is 1. The van der Waals surface area contributed by atoms with Crippen molar-refractivity contribution in [1.29, 1.82) is 0 Å². The van der Waals surface area contributed by atoms with Crippen LogP contribution in [0.25, 0.3) is 0 Å². The lowest BCUT2D eigenvalue weighted by atomic mass is 9.66. The van der Waals surface area contributed by atoms with Crippen molar-refractivity contribution >= 4 is 6.09 Å². The molecule has 1 aliphatic carbocycles. The second-order valence-electron chi connectivity index (χ2n) is 7.53. The third kappa shape index (κ3) is 2.66. The first-order valence-electron chi connectivity index (χ1n) is 7.87. The van der Waals surface area contributed by atoms with Gasteiger partial charge in [-0.15, -0.1) is 0 Å². The number of nitrogens with zero attached hydrogens (tertiary/aromatic N) is 1. The molecule has 2 aliphatic heterocycles. The Morgan fingerprint density at radius 2 is 2.10 bits per heavy atom. The van der Waals surface area contributed by atoms with Crippen LogP contribution >= 0.6 is 0 Å². The molecule has 0 radical (unpaired) electrons. The molecule has 1 unspecified atom stereocenters. The number of nitrogens with one attached hydrogen (secondary N) is 2. The highest BCUT2D eigenvalue weighted by molar-refractivity contribution is 5.68. The molecule has 2 saturated heterocycles. The first-order valence-corrected chi connectivity index (χ1v) is 7.87. The van der Waals surface area contributed by atoms with Crippen molar-refractivity contribution in [2.24, 2.45) is 0 Å². The maximum Gasteiger partial charge on any atom is 0.407 e. The van der Waals surface area contributed by atoms with Crippen molar-refractivity contribution in [2.75, 3.05) is 19.6 Å². The summed E-state index contributed by atoms with van der Waals surface area (Å²) in [7, 11) is 0. The molecule has 0 aromatic carbocycles. The van der Waals surface area contributed by atoms with E-state index in [1.807, 2.05) is 20.8 Å². The third-order valence-electron chi connectivity index (χ3n) is 4.82. The Morgan fingerprint density at radius 1 is 1.35 bits per heavy atom. The van der Waals surface area contributed by atoms with Gasteiger partial charge in [0.15, 0.2) is 0 Å². The molecule has 114 valence electrons. The van der Waals surface area contributed by atoms with Crippen LogP contribution in [0.15, 0.2) is 0 Å². The van der Waals surface area contributed by atoms with E-state index in [0.29, 0.717) is 6.04 Å². The maximum absolute atomic E-state index is 11.8. The molecule has 5 nitrogen and oxygen atoms in total. The van der Waals surface area contributed by atoms with Gasteiger partial charge in [-0.1, -0.05) is 0 Å². The van der Waals surface area contributed by atoms with Gasteiger partial charge < -0.3 is 15.4 Å². The number of carbonyl (C=O) groups excluding carboxylic acids is 1. The number of rotatable bonds is 1. The van der Waals surface area contributed by atoms with E-state index in [1.165, 1.54) is 25.9 Å². The third-order valence-corrected chi connectivity index (χ3v) is 4.82. The summed E-state index contributed by atoms with van der Waals surface area (Å²) in [5, 5.41) is 6.73. The number of piperazine rings is 1. The van der Waals surface area contributed by atoms with Crippen molar-refractivity contribution in [3.8, 4) is 0 Å². The smallest absolute Gasteiger partial charge is 0.407 e. The SMILES string of the molecule is CC(C)(C)OC(=O)NC1CC2(C1)NCCN1CCCC12. The molecular formula is C15H27N3O2. The van der Waals surface area contributed by atoms with Gasteiger partial charge >= 0.3 is 6.09 Å². The van der Waals surface area contributed by atoms with Crippen molar-refractivity contribution in [3.63, 3.8) is 0 Å². The molecule has 2 heterocycles. The molecule has 5 heteroatoms. The number of amides is 1. The minimum Gasteiger partial charge on any atom is -0.444 e. The van der Waals surface area contributed by atoms with Crippen molar-refractivity contribution in [1.82, 2.24) is 15.5 Å². The fourth-order valence-corrected chi connectivity index (χ4v) is 4.10. The first kappa shape index (κ1) is 14.1.